The first-order valence-electron chi connectivity index (χ1n) is 5.39. The van der Waals surface area contributed by atoms with Crippen LogP contribution >= 0.6 is 12.4 Å². The zero-order valence-electron chi connectivity index (χ0n) is 12.9. The number of ether oxygens (including phenoxy) is 1. The van der Waals surface area contributed by atoms with E-state index in [1.54, 1.807) is 21.0 Å². The van der Waals surface area contributed by atoms with Gasteiger partial charge in [0.1, 0.15) is 0 Å². The van der Waals surface area contributed by atoms with Crippen molar-refractivity contribution in [1.82, 2.24) is 9.80 Å². The van der Waals surface area contributed by atoms with Gasteiger partial charge in [0.05, 0.1) is 6.61 Å². The second kappa shape index (κ2) is 16.7. The first kappa shape index (κ1) is 26.3. The highest BCUT2D eigenvalue weighted by molar-refractivity contribution is 5.85. The van der Waals surface area contributed by atoms with Gasteiger partial charge in [0.15, 0.2) is 0 Å². The summed E-state index contributed by atoms with van der Waals surface area (Å²) in [7, 11) is 9.30. The van der Waals surface area contributed by atoms with Crippen LogP contribution in [0.1, 0.15) is 13.8 Å². The smallest absolute Gasteiger partial charge is 0.409 e. The molecule has 0 spiro atoms. The van der Waals surface area contributed by atoms with Gasteiger partial charge in [-0.1, -0.05) is 6.58 Å². The Morgan fingerprint density at radius 3 is 1.47 bits per heavy atom. The van der Waals surface area contributed by atoms with Gasteiger partial charge in [-0.05, 0) is 35.0 Å². The number of carboxylic acids is 1. The molecule has 0 aliphatic carbocycles. The summed E-state index contributed by atoms with van der Waals surface area (Å²) in [6.07, 6.45) is -0.285. The lowest BCUT2D eigenvalue weighted by Gasteiger charge is -2.07. The van der Waals surface area contributed by atoms with Gasteiger partial charge in [-0.15, -0.1) is 12.4 Å². The first-order valence-corrected chi connectivity index (χ1v) is 5.39. The second-order valence-electron chi connectivity index (χ2n) is 4.02. The second-order valence-corrected chi connectivity index (χ2v) is 4.02. The summed E-state index contributed by atoms with van der Waals surface area (Å²) in [6.45, 7) is 6.82. The average molecular weight is 299 g/mol. The van der Waals surface area contributed by atoms with Gasteiger partial charge in [0, 0.05) is 19.7 Å². The third kappa shape index (κ3) is 38.3. The van der Waals surface area contributed by atoms with Crippen LogP contribution in [0.5, 0.6) is 0 Å². The van der Waals surface area contributed by atoms with Gasteiger partial charge in [-0.25, -0.2) is 9.59 Å². The Morgan fingerprint density at radius 2 is 1.42 bits per heavy atom. The maximum atomic E-state index is 10.4. The predicted octanol–water partition coefficient (Wildman–Crippen LogP) is 1.95. The molecule has 1 N–H and O–H groups in total. The first-order chi connectivity index (χ1) is 8.06. The van der Waals surface area contributed by atoms with Crippen LogP contribution in [0.3, 0.4) is 0 Å². The number of hydrogen-bond donors (Lipinski definition) is 1. The molecule has 0 aliphatic heterocycles. The van der Waals surface area contributed by atoms with Crippen LogP contribution in [0, 0.1) is 0 Å². The molecule has 0 aromatic rings. The summed E-state index contributed by atoms with van der Waals surface area (Å²) in [5.41, 5.74) is 0.176. The summed E-state index contributed by atoms with van der Waals surface area (Å²) >= 11 is 0. The minimum atomic E-state index is -0.935. The lowest BCUT2D eigenvalue weighted by Crippen LogP contribution is -2.22. The van der Waals surface area contributed by atoms with Crippen LogP contribution in [-0.4, -0.2) is 68.8 Å². The standard InChI is InChI=1S/C5H11NO2.C4H6O2.C3H9N.ClH/c1-4-8-5(7)6(2)3;1-3(2)4(5)6;1-4(2)3;/h4H2,1-3H3;1H2,2H3,(H,5,6);1-3H3;1H. The van der Waals surface area contributed by atoms with Gasteiger partial charge in [0.25, 0.3) is 0 Å². The Kier molecular flexibility index (Phi) is 23.2. The Balaban J connectivity index is -0.0000000916. The molecular weight excluding hydrogens is 272 g/mol. The van der Waals surface area contributed by atoms with E-state index >= 15 is 0 Å². The van der Waals surface area contributed by atoms with E-state index in [2.05, 4.69) is 11.3 Å². The molecule has 0 radical (unpaired) electrons. The lowest BCUT2D eigenvalue weighted by atomic mass is 10.4. The number of carboxylic acid groups (broad SMARTS) is 1. The molecule has 0 fully saturated rings. The van der Waals surface area contributed by atoms with Crippen molar-refractivity contribution in [3.05, 3.63) is 12.2 Å². The minimum absolute atomic E-state index is 0. The van der Waals surface area contributed by atoms with Crippen LogP contribution in [0.4, 0.5) is 4.79 Å². The third-order valence-electron chi connectivity index (χ3n) is 0.998. The normalized spacial score (nSPS) is 7.79. The number of aliphatic carboxylic acids is 1. The van der Waals surface area contributed by atoms with Crippen LogP contribution in [-0.2, 0) is 9.53 Å². The van der Waals surface area contributed by atoms with Crippen molar-refractivity contribution in [2.24, 2.45) is 0 Å². The highest BCUT2D eigenvalue weighted by Crippen LogP contribution is 1.82. The van der Waals surface area contributed by atoms with E-state index < -0.39 is 5.97 Å². The van der Waals surface area contributed by atoms with E-state index in [-0.39, 0.29) is 24.1 Å². The van der Waals surface area contributed by atoms with Crippen molar-refractivity contribution in [3.8, 4) is 0 Å². The number of rotatable bonds is 2. The molecule has 0 saturated carbocycles. The van der Waals surface area contributed by atoms with Gasteiger partial charge in [0.2, 0.25) is 0 Å². The molecule has 0 saturated heterocycles. The summed E-state index contributed by atoms with van der Waals surface area (Å²) < 4.78 is 4.59. The molecule has 1 amide bonds. The predicted molar refractivity (Wildman–Crippen MR) is 80.0 cm³/mol. The maximum absolute atomic E-state index is 10.4. The Hall–Kier alpha value is -1.27. The summed E-state index contributed by atoms with van der Waals surface area (Å²) in [5, 5.41) is 7.89. The van der Waals surface area contributed by atoms with E-state index in [1.165, 1.54) is 11.8 Å². The Morgan fingerprint density at radius 1 is 1.16 bits per heavy atom. The monoisotopic (exact) mass is 298 g/mol. The molecule has 0 bridgehead atoms. The minimum Gasteiger partial charge on any atom is -0.478 e. The van der Waals surface area contributed by atoms with Crippen molar-refractivity contribution < 1.29 is 19.4 Å². The van der Waals surface area contributed by atoms with E-state index in [1.807, 2.05) is 26.0 Å². The summed E-state index contributed by atoms with van der Waals surface area (Å²) in [4.78, 5) is 23.4. The van der Waals surface area contributed by atoms with Gasteiger partial charge in [-0.2, -0.15) is 0 Å². The Bertz CT molecular complexity index is 241. The lowest BCUT2D eigenvalue weighted by molar-refractivity contribution is -0.132. The Labute approximate surface area is 122 Å². The van der Waals surface area contributed by atoms with E-state index in [0.29, 0.717) is 6.61 Å². The van der Waals surface area contributed by atoms with Crippen LogP contribution in [0.2, 0.25) is 0 Å². The molecule has 0 heterocycles. The average Bonchev–Trinajstić information content (AvgIpc) is 2.17. The quantitative estimate of drug-likeness (QED) is 0.789. The molecule has 6 nitrogen and oxygen atoms in total. The SMILES string of the molecule is C=C(C)C(=O)O.CCOC(=O)N(C)C.CN(C)C.Cl. The highest BCUT2D eigenvalue weighted by Gasteiger charge is 1.99. The molecule has 7 heteroatoms. The molecule has 0 aliphatic rings. The number of hydrogen-bond acceptors (Lipinski definition) is 4. The molecule has 0 unspecified atom stereocenters. The molecule has 19 heavy (non-hydrogen) atoms. The zero-order chi connectivity index (χ0) is 15.3. The summed E-state index contributed by atoms with van der Waals surface area (Å²) in [6, 6.07) is 0. The molecule has 0 aromatic carbocycles. The summed E-state index contributed by atoms with van der Waals surface area (Å²) in [5.74, 6) is -0.935. The number of carbonyl (C=O) groups is 2. The fourth-order valence-corrected chi connectivity index (χ4v) is 0.253. The van der Waals surface area contributed by atoms with E-state index in [9.17, 15) is 9.59 Å². The third-order valence-corrected chi connectivity index (χ3v) is 0.998. The van der Waals surface area contributed by atoms with Crippen LogP contribution in [0.15, 0.2) is 12.2 Å². The van der Waals surface area contributed by atoms with Crippen molar-refractivity contribution in [1.29, 1.82) is 0 Å². The number of carbonyl (C=O) groups excluding carboxylic acids is 1. The van der Waals surface area contributed by atoms with Crippen molar-refractivity contribution in [3.63, 3.8) is 0 Å². The maximum Gasteiger partial charge on any atom is 0.409 e. The number of halogens is 1. The molecule has 0 atom stereocenters. The van der Waals surface area contributed by atoms with Crippen LogP contribution in [0.25, 0.3) is 0 Å². The molecular formula is C12H27ClN2O4. The zero-order valence-corrected chi connectivity index (χ0v) is 13.7. The van der Waals surface area contributed by atoms with E-state index in [4.69, 9.17) is 5.11 Å². The molecule has 0 aromatic heterocycles. The molecule has 0 rings (SSSR count). The van der Waals surface area contributed by atoms with Crippen LogP contribution < -0.4 is 0 Å². The fourth-order valence-electron chi connectivity index (χ4n) is 0.253. The van der Waals surface area contributed by atoms with Crippen molar-refractivity contribution in [2.45, 2.75) is 13.8 Å². The largest absolute Gasteiger partial charge is 0.478 e. The topological polar surface area (TPSA) is 70.1 Å². The van der Waals surface area contributed by atoms with Gasteiger partial charge < -0.3 is 19.6 Å². The van der Waals surface area contributed by atoms with Gasteiger partial charge >= 0.3 is 12.1 Å². The number of nitrogens with zero attached hydrogens (tertiary/aromatic N) is 2. The number of amides is 1. The molecule has 116 valence electrons. The highest BCUT2D eigenvalue weighted by atomic mass is 35.5. The fraction of sp³-hybridized carbons (Fsp3) is 0.667. The van der Waals surface area contributed by atoms with Crippen molar-refractivity contribution in [2.75, 3.05) is 41.8 Å². The van der Waals surface area contributed by atoms with Gasteiger partial charge in [-0.3, -0.25) is 0 Å². The van der Waals surface area contributed by atoms with E-state index in [0.717, 1.165) is 0 Å². The van der Waals surface area contributed by atoms with Crippen molar-refractivity contribution >= 4 is 24.5 Å².